The van der Waals surface area contributed by atoms with E-state index in [2.05, 4.69) is 40.5 Å². The molecule has 2 heterocycles. The molecule has 0 aromatic carbocycles. The minimum absolute atomic E-state index is 0.168. The molecule has 1 N–H and O–H groups in total. The molecule has 118 valence electrons. The third-order valence-electron chi connectivity index (χ3n) is 4.98. The highest BCUT2D eigenvalue weighted by molar-refractivity contribution is 5.79. The Morgan fingerprint density at radius 1 is 1.41 bits per heavy atom. The Morgan fingerprint density at radius 3 is 3.05 bits per heavy atom. The van der Waals surface area contributed by atoms with Gasteiger partial charge in [-0.05, 0) is 56.8 Å². The summed E-state index contributed by atoms with van der Waals surface area (Å²) in [7, 11) is 2.16. The highest BCUT2D eigenvalue weighted by Crippen LogP contribution is 2.35. The Bertz CT molecular complexity index is 528. The smallest absolute Gasteiger partial charge is 0.223 e. The van der Waals surface area contributed by atoms with E-state index in [0.29, 0.717) is 12.0 Å². The summed E-state index contributed by atoms with van der Waals surface area (Å²) < 4.78 is 0. The van der Waals surface area contributed by atoms with Gasteiger partial charge < -0.3 is 5.32 Å². The zero-order valence-corrected chi connectivity index (χ0v) is 13.2. The van der Waals surface area contributed by atoms with Crippen LogP contribution in [0, 0.1) is 11.8 Å². The van der Waals surface area contributed by atoms with Crippen LogP contribution in [0.1, 0.15) is 37.3 Å². The summed E-state index contributed by atoms with van der Waals surface area (Å²) in [6.07, 6.45) is 12.1. The molecule has 0 unspecified atom stereocenters. The second-order valence-electron chi connectivity index (χ2n) is 6.49. The van der Waals surface area contributed by atoms with Crippen LogP contribution in [0.15, 0.2) is 36.7 Å². The normalized spacial score (nSPS) is 28.7. The molecule has 1 saturated heterocycles. The number of hydrogen-bond donors (Lipinski definition) is 1. The predicted molar refractivity (Wildman–Crippen MR) is 87.2 cm³/mol. The van der Waals surface area contributed by atoms with Gasteiger partial charge in [0.2, 0.25) is 5.91 Å². The van der Waals surface area contributed by atoms with Crippen molar-refractivity contribution in [3.05, 3.63) is 42.2 Å². The molecular formula is C18H25N3O. The van der Waals surface area contributed by atoms with E-state index < -0.39 is 0 Å². The van der Waals surface area contributed by atoms with Gasteiger partial charge in [0, 0.05) is 30.9 Å². The quantitative estimate of drug-likeness (QED) is 0.869. The van der Waals surface area contributed by atoms with Crippen LogP contribution in [0.3, 0.4) is 0 Å². The lowest BCUT2D eigenvalue weighted by Crippen LogP contribution is -2.36. The van der Waals surface area contributed by atoms with Crippen LogP contribution >= 0.6 is 0 Å². The Labute approximate surface area is 132 Å². The monoisotopic (exact) mass is 299 g/mol. The van der Waals surface area contributed by atoms with Gasteiger partial charge in [-0.1, -0.05) is 18.2 Å². The summed E-state index contributed by atoms with van der Waals surface area (Å²) in [5.74, 6) is 0.863. The molecule has 0 saturated carbocycles. The van der Waals surface area contributed by atoms with Crippen molar-refractivity contribution in [1.29, 1.82) is 0 Å². The molecular weight excluding hydrogens is 274 g/mol. The largest absolute Gasteiger partial charge is 0.356 e. The van der Waals surface area contributed by atoms with Gasteiger partial charge in [-0.2, -0.15) is 0 Å². The number of carbonyl (C=O) groups is 1. The number of nitrogens with one attached hydrogen (secondary N) is 1. The van der Waals surface area contributed by atoms with Gasteiger partial charge in [0.1, 0.15) is 0 Å². The minimum atomic E-state index is 0.168. The summed E-state index contributed by atoms with van der Waals surface area (Å²) in [4.78, 5) is 18.9. The van der Waals surface area contributed by atoms with Crippen LogP contribution in [0.25, 0.3) is 0 Å². The molecule has 0 spiro atoms. The van der Waals surface area contributed by atoms with Crippen molar-refractivity contribution in [1.82, 2.24) is 15.2 Å². The van der Waals surface area contributed by atoms with E-state index in [1.165, 1.54) is 5.56 Å². The molecule has 1 fully saturated rings. The summed E-state index contributed by atoms with van der Waals surface area (Å²) in [5.41, 5.74) is 1.25. The first-order valence-electron chi connectivity index (χ1n) is 8.28. The number of rotatable bonds is 4. The van der Waals surface area contributed by atoms with E-state index in [9.17, 15) is 4.79 Å². The Kier molecular flexibility index (Phi) is 4.88. The number of likely N-dealkylation sites (tertiary alicyclic amines) is 1. The van der Waals surface area contributed by atoms with Crippen LogP contribution in [0.2, 0.25) is 0 Å². The number of nitrogens with zero attached hydrogens (tertiary/aromatic N) is 2. The van der Waals surface area contributed by atoms with Crippen molar-refractivity contribution in [2.75, 3.05) is 20.1 Å². The highest BCUT2D eigenvalue weighted by Gasteiger charge is 2.33. The van der Waals surface area contributed by atoms with E-state index in [4.69, 9.17) is 0 Å². The lowest BCUT2D eigenvalue weighted by Gasteiger charge is -2.26. The highest BCUT2D eigenvalue weighted by atomic mass is 16.1. The van der Waals surface area contributed by atoms with Gasteiger partial charge in [0.25, 0.3) is 0 Å². The van der Waals surface area contributed by atoms with Gasteiger partial charge >= 0.3 is 0 Å². The van der Waals surface area contributed by atoms with Crippen LogP contribution < -0.4 is 5.32 Å². The Balaban J connectivity index is 1.59. The summed E-state index contributed by atoms with van der Waals surface area (Å²) in [5, 5.41) is 3.19. The molecule has 4 nitrogen and oxygen atoms in total. The lowest BCUT2D eigenvalue weighted by molar-refractivity contribution is -0.125. The van der Waals surface area contributed by atoms with E-state index in [1.54, 1.807) is 0 Å². The summed E-state index contributed by atoms with van der Waals surface area (Å²) in [6, 6.07) is 4.49. The van der Waals surface area contributed by atoms with Crippen molar-refractivity contribution in [2.45, 2.75) is 31.7 Å². The first kappa shape index (κ1) is 15.2. The summed E-state index contributed by atoms with van der Waals surface area (Å²) in [6.45, 7) is 1.84. The van der Waals surface area contributed by atoms with E-state index in [-0.39, 0.29) is 11.8 Å². The lowest BCUT2D eigenvalue weighted by atomic mass is 9.92. The zero-order chi connectivity index (χ0) is 15.4. The number of pyridine rings is 1. The SMILES string of the molecule is CN1CC[C@@H](CNC(=O)[C@H]2CC=CCC2)[C@@H]1c1cccnc1. The van der Waals surface area contributed by atoms with Crippen molar-refractivity contribution in [2.24, 2.45) is 11.8 Å². The van der Waals surface area contributed by atoms with Gasteiger partial charge in [0.05, 0.1) is 0 Å². The zero-order valence-electron chi connectivity index (χ0n) is 13.2. The molecule has 22 heavy (non-hydrogen) atoms. The molecule has 1 aliphatic heterocycles. The molecule has 3 atom stereocenters. The van der Waals surface area contributed by atoms with Crippen molar-refractivity contribution < 1.29 is 4.79 Å². The van der Waals surface area contributed by atoms with Gasteiger partial charge in [-0.3, -0.25) is 14.7 Å². The first-order valence-corrected chi connectivity index (χ1v) is 8.28. The second-order valence-corrected chi connectivity index (χ2v) is 6.49. The number of aromatic nitrogens is 1. The van der Waals surface area contributed by atoms with Crippen molar-refractivity contribution in [3.63, 3.8) is 0 Å². The first-order chi connectivity index (χ1) is 10.8. The van der Waals surface area contributed by atoms with Crippen molar-refractivity contribution in [3.8, 4) is 0 Å². The van der Waals surface area contributed by atoms with Gasteiger partial charge in [0.15, 0.2) is 0 Å². The van der Waals surface area contributed by atoms with E-state index in [1.807, 2.05) is 18.5 Å². The third kappa shape index (κ3) is 3.38. The van der Waals surface area contributed by atoms with Crippen LogP contribution in [0.5, 0.6) is 0 Å². The van der Waals surface area contributed by atoms with Gasteiger partial charge in [-0.15, -0.1) is 0 Å². The molecule has 1 amide bonds. The number of allylic oxidation sites excluding steroid dienone is 2. The molecule has 2 aliphatic rings. The van der Waals surface area contributed by atoms with Crippen LogP contribution in [-0.2, 0) is 4.79 Å². The molecule has 1 aromatic rings. The fraction of sp³-hybridized carbons (Fsp3) is 0.556. The van der Waals surface area contributed by atoms with Gasteiger partial charge in [-0.25, -0.2) is 0 Å². The van der Waals surface area contributed by atoms with Crippen LogP contribution in [-0.4, -0.2) is 35.9 Å². The van der Waals surface area contributed by atoms with Crippen LogP contribution in [0.4, 0.5) is 0 Å². The summed E-state index contributed by atoms with van der Waals surface area (Å²) >= 11 is 0. The van der Waals surface area contributed by atoms with E-state index in [0.717, 1.165) is 38.8 Å². The molecule has 0 radical (unpaired) electrons. The minimum Gasteiger partial charge on any atom is -0.356 e. The average molecular weight is 299 g/mol. The Hall–Kier alpha value is -1.68. The van der Waals surface area contributed by atoms with E-state index >= 15 is 0 Å². The second kappa shape index (κ2) is 7.05. The molecule has 1 aliphatic carbocycles. The Morgan fingerprint density at radius 2 is 2.32 bits per heavy atom. The molecule has 3 rings (SSSR count). The molecule has 4 heteroatoms. The maximum atomic E-state index is 12.3. The molecule has 0 bridgehead atoms. The number of hydrogen-bond acceptors (Lipinski definition) is 3. The maximum Gasteiger partial charge on any atom is 0.223 e. The van der Waals surface area contributed by atoms with Crippen molar-refractivity contribution >= 4 is 5.91 Å². The fourth-order valence-electron chi connectivity index (χ4n) is 3.73. The molecule has 1 aromatic heterocycles. The topological polar surface area (TPSA) is 45.2 Å². The average Bonchev–Trinajstić information content (AvgIpc) is 2.95. The number of carbonyl (C=O) groups excluding carboxylic acids is 1. The fourth-order valence-corrected chi connectivity index (χ4v) is 3.73. The maximum absolute atomic E-state index is 12.3. The predicted octanol–water partition coefficient (Wildman–Crippen LogP) is 2.55. The third-order valence-corrected chi connectivity index (χ3v) is 4.98. The standard InChI is InChI=1S/C18H25N3O/c1-21-11-9-16(17(21)15-8-5-10-19-12-15)13-20-18(22)14-6-3-2-4-7-14/h2-3,5,8,10,12,14,16-17H,4,6-7,9,11,13H2,1H3,(H,20,22)/t14-,16-,17-/m0/s1. The number of amides is 1.